The first kappa shape index (κ1) is 16.8. The van der Waals surface area contributed by atoms with E-state index < -0.39 is 7.25 Å². The molecule has 120 valence electrons. The Morgan fingerprint density at radius 2 is 1.22 bits per heavy atom. The van der Waals surface area contributed by atoms with E-state index in [0.717, 1.165) is 22.6 Å². The molecule has 0 fully saturated rings. The number of halogens is 4. The summed E-state index contributed by atoms with van der Waals surface area (Å²) in [5.41, 5.74) is 3.33. The molecule has 0 aliphatic carbocycles. The Bertz CT molecular complexity index is 736. The van der Waals surface area contributed by atoms with Crippen molar-refractivity contribution >= 4 is 7.25 Å². The Kier molecular flexibility index (Phi) is 5.21. The van der Waals surface area contributed by atoms with Gasteiger partial charge in [-0.3, -0.25) is 0 Å². The molecule has 7 heteroatoms. The fourth-order valence-corrected chi connectivity index (χ4v) is 2.05. The van der Waals surface area contributed by atoms with Crippen LogP contribution in [0.3, 0.4) is 0 Å². The van der Waals surface area contributed by atoms with E-state index >= 15 is 0 Å². The first-order valence-electron chi connectivity index (χ1n) is 6.83. The molecule has 1 heterocycles. The molecule has 0 saturated carbocycles. The van der Waals surface area contributed by atoms with E-state index in [0.29, 0.717) is 0 Å². The van der Waals surface area contributed by atoms with Crippen LogP contribution in [0, 0.1) is 0 Å². The van der Waals surface area contributed by atoms with Gasteiger partial charge in [0.25, 0.3) is 5.69 Å². The molecule has 0 aliphatic heterocycles. The van der Waals surface area contributed by atoms with Crippen LogP contribution in [0.4, 0.5) is 17.3 Å². The third-order valence-corrected chi connectivity index (χ3v) is 2.97. The Balaban J connectivity index is 0.000000338. The maximum absolute atomic E-state index is 9.75. The monoisotopic (exact) mass is 323 g/mol. The average molecular weight is 323 g/mol. The van der Waals surface area contributed by atoms with Crippen LogP contribution in [-0.2, 0) is 7.05 Å². The van der Waals surface area contributed by atoms with Gasteiger partial charge < -0.3 is 17.3 Å². The molecule has 0 saturated heterocycles. The zero-order valence-corrected chi connectivity index (χ0v) is 12.3. The molecule has 0 spiro atoms. The lowest BCUT2D eigenvalue weighted by Crippen LogP contribution is -2.26. The second-order valence-electron chi connectivity index (χ2n) is 4.71. The van der Waals surface area contributed by atoms with Crippen molar-refractivity contribution in [1.82, 2.24) is 0 Å². The Morgan fingerprint density at radius 1 is 0.783 bits per heavy atom. The maximum atomic E-state index is 9.75. The van der Waals surface area contributed by atoms with E-state index in [1.807, 2.05) is 55.6 Å². The van der Waals surface area contributed by atoms with E-state index in [2.05, 4.69) is 18.2 Å². The minimum Gasteiger partial charge on any atom is -0.418 e. The predicted octanol–water partition coefficient (Wildman–Crippen LogP) is 4.74. The highest BCUT2D eigenvalue weighted by Gasteiger charge is 2.20. The summed E-state index contributed by atoms with van der Waals surface area (Å²) < 4.78 is 46.6. The Labute approximate surface area is 131 Å². The topological polar surface area (TPSA) is 17.0 Å². The largest absolute Gasteiger partial charge is 0.673 e. The number of aryl methyl sites for hydroxylation is 1. The van der Waals surface area contributed by atoms with E-state index in [9.17, 15) is 17.3 Å². The van der Waals surface area contributed by atoms with Crippen LogP contribution >= 0.6 is 0 Å². The second kappa shape index (κ2) is 7.13. The van der Waals surface area contributed by atoms with Gasteiger partial charge in [0.05, 0.1) is 11.6 Å². The molecule has 0 atom stereocenters. The number of rotatable bonds is 2. The molecule has 3 rings (SSSR count). The summed E-state index contributed by atoms with van der Waals surface area (Å²) in [4.78, 5) is 0. The Morgan fingerprint density at radius 3 is 1.70 bits per heavy atom. The zero-order chi connectivity index (χ0) is 16.9. The van der Waals surface area contributed by atoms with E-state index in [4.69, 9.17) is 4.52 Å². The average Bonchev–Trinajstić information content (AvgIpc) is 2.89. The summed E-state index contributed by atoms with van der Waals surface area (Å²) in [7, 11) is -4.07. The lowest BCUT2D eigenvalue weighted by atomic mass is 10.1. The molecule has 0 amide bonds. The van der Waals surface area contributed by atoms with Crippen molar-refractivity contribution in [1.29, 1.82) is 0 Å². The van der Waals surface area contributed by atoms with Gasteiger partial charge in [0.15, 0.2) is 7.05 Å². The summed E-state index contributed by atoms with van der Waals surface area (Å²) in [6.07, 6.45) is 0. The third-order valence-electron chi connectivity index (χ3n) is 2.97. The molecule has 1 aromatic heterocycles. The summed E-state index contributed by atoms with van der Waals surface area (Å²) >= 11 is 0. The fraction of sp³-hybridized carbons (Fsp3) is 0.0625. The SMILES string of the molecule is C[n+]1oc(-c2ccccc2)cc1-c1ccccc1.F[B-](F)(F)F. The van der Waals surface area contributed by atoms with Crippen molar-refractivity contribution in [3.05, 3.63) is 66.7 Å². The van der Waals surface area contributed by atoms with Crippen molar-refractivity contribution in [2.45, 2.75) is 0 Å². The molecular weight excluding hydrogens is 309 g/mol. The van der Waals surface area contributed by atoms with Gasteiger partial charge in [0, 0.05) is 5.56 Å². The third kappa shape index (κ3) is 5.28. The summed E-state index contributed by atoms with van der Waals surface area (Å²) in [6.45, 7) is 0. The summed E-state index contributed by atoms with van der Waals surface area (Å²) in [5.74, 6) is 0.886. The number of hydrogen-bond acceptors (Lipinski definition) is 1. The molecule has 0 N–H and O–H groups in total. The molecule has 0 radical (unpaired) electrons. The van der Waals surface area contributed by atoms with Crippen molar-refractivity contribution in [2.75, 3.05) is 0 Å². The molecule has 2 aromatic carbocycles. The van der Waals surface area contributed by atoms with Crippen molar-refractivity contribution in [3.63, 3.8) is 0 Å². The van der Waals surface area contributed by atoms with Crippen LogP contribution in [0.5, 0.6) is 0 Å². The predicted molar refractivity (Wildman–Crippen MR) is 80.9 cm³/mol. The first-order chi connectivity index (χ1) is 10.8. The van der Waals surface area contributed by atoms with Gasteiger partial charge in [0.1, 0.15) is 0 Å². The lowest BCUT2D eigenvalue weighted by molar-refractivity contribution is -0.834. The molecule has 0 aliphatic rings. The molecule has 0 unspecified atom stereocenters. The number of hydrogen-bond donors (Lipinski definition) is 0. The number of benzene rings is 2. The standard InChI is InChI=1S/C16H14NO.BF4/c1-17-15(13-8-4-2-5-9-13)12-16(18-17)14-10-6-3-7-11-14;2-1(3,4)5/h2-12H,1H3;/q+1;-1. The van der Waals surface area contributed by atoms with Gasteiger partial charge in [-0.1, -0.05) is 48.5 Å². The lowest BCUT2D eigenvalue weighted by Gasteiger charge is -1.94. The number of nitrogens with zero attached hydrogens (tertiary/aromatic N) is 1. The smallest absolute Gasteiger partial charge is 0.418 e. The number of aromatic nitrogens is 1. The quantitative estimate of drug-likeness (QED) is 0.378. The highest BCUT2D eigenvalue weighted by molar-refractivity contribution is 6.50. The van der Waals surface area contributed by atoms with Crippen LogP contribution in [0.1, 0.15) is 0 Å². The summed E-state index contributed by atoms with van der Waals surface area (Å²) in [6, 6.07) is 22.5. The van der Waals surface area contributed by atoms with Crippen molar-refractivity contribution in [2.24, 2.45) is 7.05 Å². The van der Waals surface area contributed by atoms with Crippen LogP contribution in [-0.4, -0.2) is 7.25 Å². The molecule has 0 bridgehead atoms. The van der Waals surface area contributed by atoms with Crippen LogP contribution in [0.25, 0.3) is 22.6 Å². The van der Waals surface area contributed by atoms with E-state index in [-0.39, 0.29) is 0 Å². The van der Waals surface area contributed by atoms with Crippen molar-refractivity contribution < 1.29 is 26.5 Å². The van der Waals surface area contributed by atoms with Crippen LogP contribution in [0.15, 0.2) is 71.3 Å². The van der Waals surface area contributed by atoms with Crippen molar-refractivity contribution in [3.8, 4) is 22.6 Å². The van der Waals surface area contributed by atoms with Gasteiger partial charge in [0.2, 0.25) is 5.76 Å². The van der Waals surface area contributed by atoms with Crippen LogP contribution < -0.4 is 4.74 Å². The normalized spacial score (nSPS) is 10.8. The van der Waals surface area contributed by atoms with Gasteiger partial charge in [-0.25, -0.2) is 4.52 Å². The molecular formula is C16H14BF4NO. The van der Waals surface area contributed by atoms with Gasteiger partial charge >= 0.3 is 7.25 Å². The maximum Gasteiger partial charge on any atom is 0.673 e. The van der Waals surface area contributed by atoms with E-state index in [1.165, 1.54) is 0 Å². The van der Waals surface area contributed by atoms with Gasteiger partial charge in [-0.05, 0) is 16.9 Å². The Hall–Kier alpha value is -2.57. The minimum atomic E-state index is -6.00. The second-order valence-corrected chi connectivity index (χ2v) is 4.71. The van der Waals surface area contributed by atoms with Crippen LogP contribution in [0.2, 0.25) is 0 Å². The van der Waals surface area contributed by atoms with Gasteiger partial charge in [-0.2, -0.15) is 0 Å². The molecule has 2 nitrogen and oxygen atoms in total. The van der Waals surface area contributed by atoms with E-state index in [1.54, 1.807) is 4.74 Å². The zero-order valence-electron chi connectivity index (χ0n) is 12.3. The molecule has 23 heavy (non-hydrogen) atoms. The van der Waals surface area contributed by atoms with Gasteiger partial charge in [-0.15, -0.1) is 0 Å². The minimum absolute atomic E-state index is 0.886. The molecule has 3 aromatic rings. The highest BCUT2D eigenvalue weighted by atomic mass is 19.5. The fourth-order valence-electron chi connectivity index (χ4n) is 2.05. The first-order valence-corrected chi connectivity index (χ1v) is 6.83. The highest BCUT2D eigenvalue weighted by Crippen LogP contribution is 2.24. The summed E-state index contributed by atoms with van der Waals surface area (Å²) in [5, 5.41) is 0.